The Bertz CT molecular complexity index is 1290. The van der Waals surface area contributed by atoms with E-state index >= 15 is 0 Å². The molecule has 0 atom stereocenters. The molecular weight excluding hydrogens is 412 g/mol. The minimum absolute atomic E-state index is 0.0752. The molecular formula is C24H23ClN4O2. The minimum atomic E-state index is -0.227. The van der Waals surface area contributed by atoms with Crippen LogP contribution in [0.2, 0.25) is 5.02 Å². The summed E-state index contributed by atoms with van der Waals surface area (Å²) in [7, 11) is 0. The molecule has 0 saturated carbocycles. The van der Waals surface area contributed by atoms with Gasteiger partial charge in [0.1, 0.15) is 12.2 Å². The van der Waals surface area contributed by atoms with Crippen LogP contribution in [0.3, 0.4) is 0 Å². The predicted molar refractivity (Wildman–Crippen MR) is 123 cm³/mol. The molecule has 7 heteroatoms. The first-order valence-corrected chi connectivity index (χ1v) is 10.5. The number of carbonyl (C=O) groups excluding carboxylic acids is 1. The Labute approximate surface area is 185 Å². The number of nitrogens with one attached hydrogen (secondary N) is 1. The molecule has 0 bridgehead atoms. The number of halogens is 1. The molecule has 0 aliphatic rings. The number of benzene rings is 2. The van der Waals surface area contributed by atoms with Crippen molar-refractivity contribution in [3.05, 3.63) is 92.9 Å². The molecule has 1 N–H and O–H groups in total. The van der Waals surface area contributed by atoms with E-state index in [0.29, 0.717) is 23.6 Å². The lowest BCUT2D eigenvalue weighted by atomic mass is 10.1. The summed E-state index contributed by atoms with van der Waals surface area (Å²) >= 11 is 5.91. The van der Waals surface area contributed by atoms with Gasteiger partial charge < -0.3 is 5.32 Å². The molecule has 4 aromatic rings. The van der Waals surface area contributed by atoms with Gasteiger partial charge in [0, 0.05) is 23.0 Å². The highest BCUT2D eigenvalue weighted by molar-refractivity contribution is 6.30. The monoisotopic (exact) mass is 434 g/mol. The van der Waals surface area contributed by atoms with Crippen LogP contribution >= 0.6 is 11.6 Å². The normalized spacial score (nSPS) is 11.1. The van der Waals surface area contributed by atoms with E-state index in [2.05, 4.69) is 10.4 Å². The molecule has 0 saturated heterocycles. The van der Waals surface area contributed by atoms with E-state index in [4.69, 9.17) is 11.6 Å². The first-order chi connectivity index (χ1) is 14.9. The number of fused-ring (bicyclic) bond motifs is 1. The van der Waals surface area contributed by atoms with Crippen molar-refractivity contribution in [2.45, 2.75) is 26.8 Å². The van der Waals surface area contributed by atoms with E-state index < -0.39 is 0 Å². The molecule has 0 unspecified atom stereocenters. The minimum Gasteiger partial charge on any atom is -0.354 e. The number of aryl methyl sites for hydroxylation is 2. The number of hydrogen-bond acceptors (Lipinski definition) is 3. The number of amides is 1. The second kappa shape index (κ2) is 8.78. The third kappa shape index (κ3) is 4.39. The van der Waals surface area contributed by atoms with Crippen molar-refractivity contribution in [3.63, 3.8) is 0 Å². The smallest absolute Gasteiger partial charge is 0.252 e. The van der Waals surface area contributed by atoms with Gasteiger partial charge >= 0.3 is 0 Å². The van der Waals surface area contributed by atoms with Crippen molar-refractivity contribution in [2.75, 3.05) is 6.54 Å². The lowest BCUT2D eigenvalue weighted by Gasteiger charge is -2.12. The Morgan fingerprint density at radius 1 is 1.06 bits per heavy atom. The lowest BCUT2D eigenvalue weighted by Crippen LogP contribution is -2.34. The van der Waals surface area contributed by atoms with Crippen molar-refractivity contribution in [3.8, 4) is 5.69 Å². The number of rotatable bonds is 6. The van der Waals surface area contributed by atoms with Gasteiger partial charge in [0.25, 0.3) is 5.56 Å². The maximum Gasteiger partial charge on any atom is 0.252 e. The van der Waals surface area contributed by atoms with Gasteiger partial charge in [-0.1, -0.05) is 41.9 Å². The summed E-state index contributed by atoms with van der Waals surface area (Å²) in [5.74, 6) is -0.223. The zero-order valence-corrected chi connectivity index (χ0v) is 18.2. The molecule has 1 amide bonds. The molecule has 0 fully saturated rings. The van der Waals surface area contributed by atoms with Crippen molar-refractivity contribution >= 4 is 28.5 Å². The summed E-state index contributed by atoms with van der Waals surface area (Å²) in [6, 6.07) is 18.7. The van der Waals surface area contributed by atoms with Gasteiger partial charge in [-0.05, 0) is 55.7 Å². The van der Waals surface area contributed by atoms with Crippen LogP contribution in [-0.2, 0) is 17.8 Å². The first-order valence-electron chi connectivity index (χ1n) is 10.1. The standard InChI is InChI=1S/C24H23ClN4O2/c1-16-14-22(31)28(15-21(30)26-13-12-18-8-10-19(25)11-9-18)24-23(16)17(2)27-29(24)20-6-4-3-5-7-20/h3-11,14H,12-13,15H2,1-2H3,(H,26,30). The number of aromatic nitrogens is 3. The fourth-order valence-electron chi connectivity index (χ4n) is 3.76. The topological polar surface area (TPSA) is 68.9 Å². The van der Waals surface area contributed by atoms with E-state index in [0.717, 1.165) is 27.9 Å². The van der Waals surface area contributed by atoms with E-state index in [1.165, 1.54) is 4.57 Å². The van der Waals surface area contributed by atoms with Crippen LogP contribution in [0.15, 0.2) is 65.5 Å². The number of pyridine rings is 1. The molecule has 0 aliphatic heterocycles. The Morgan fingerprint density at radius 2 is 1.77 bits per heavy atom. The van der Waals surface area contributed by atoms with Gasteiger partial charge in [-0.15, -0.1) is 0 Å². The molecule has 158 valence electrons. The molecule has 4 rings (SSSR count). The predicted octanol–water partition coefficient (Wildman–Crippen LogP) is 3.82. The fraction of sp³-hybridized carbons (Fsp3) is 0.208. The van der Waals surface area contributed by atoms with Crippen LogP contribution in [0.25, 0.3) is 16.7 Å². The Hall–Kier alpha value is -3.38. The summed E-state index contributed by atoms with van der Waals surface area (Å²) in [4.78, 5) is 25.5. The SMILES string of the molecule is Cc1cc(=O)n(CC(=O)NCCc2ccc(Cl)cc2)c2c1c(C)nn2-c1ccccc1. The van der Waals surface area contributed by atoms with Crippen molar-refractivity contribution in [1.82, 2.24) is 19.7 Å². The first kappa shape index (κ1) is 20.9. The van der Waals surface area contributed by atoms with Crippen LogP contribution < -0.4 is 10.9 Å². The highest BCUT2D eigenvalue weighted by Gasteiger charge is 2.18. The summed E-state index contributed by atoms with van der Waals surface area (Å²) in [5, 5.41) is 9.13. The van der Waals surface area contributed by atoms with Gasteiger partial charge in [-0.3, -0.25) is 14.2 Å². The van der Waals surface area contributed by atoms with E-state index in [1.54, 1.807) is 10.7 Å². The summed E-state index contributed by atoms with van der Waals surface area (Å²) < 4.78 is 3.23. The molecule has 31 heavy (non-hydrogen) atoms. The highest BCUT2D eigenvalue weighted by atomic mass is 35.5. The molecule has 6 nitrogen and oxygen atoms in total. The van der Waals surface area contributed by atoms with Crippen molar-refractivity contribution < 1.29 is 4.79 Å². The van der Waals surface area contributed by atoms with Crippen LogP contribution in [0.4, 0.5) is 0 Å². The molecule has 0 aliphatic carbocycles. The molecule has 2 aromatic carbocycles. The summed E-state index contributed by atoms with van der Waals surface area (Å²) in [6.07, 6.45) is 0.683. The third-order valence-corrected chi connectivity index (χ3v) is 5.50. The van der Waals surface area contributed by atoms with E-state index in [1.807, 2.05) is 68.4 Å². The number of carbonyl (C=O) groups is 1. The quantitative estimate of drug-likeness (QED) is 0.501. The van der Waals surface area contributed by atoms with Crippen LogP contribution in [0.1, 0.15) is 16.8 Å². The van der Waals surface area contributed by atoms with Crippen LogP contribution in [0.5, 0.6) is 0 Å². The van der Waals surface area contributed by atoms with Crippen molar-refractivity contribution in [2.24, 2.45) is 0 Å². The largest absolute Gasteiger partial charge is 0.354 e. The maximum absolute atomic E-state index is 12.8. The second-order valence-electron chi connectivity index (χ2n) is 7.51. The second-order valence-corrected chi connectivity index (χ2v) is 7.95. The third-order valence-electron chi connectivity index (χ3n) is 5.24. The lowest BCUT2D eigenvalue weighted by molar-refractivity contribution is -0.121. The van der Waals surface area contributed by atoms with Crippen molar-refractivity contribution in [1.29, 1.82) is 0 Å². The van der Waals surface area contributed by atoms with E-state index in [-0.39, 0.29) is 18.0 Å². The van der Waals surface area contributed by atoms with Crippen LogP contribution in [-0.4, -0.2) is 26.8 Å². The van der Waals surface area contributed by atoms with Gasteiger partial charge in [0.2, 0.25) is 5.91 Å². The van der Waals surface area contributed by atoms with E-state index in [9.17, 15) is 9.59 Å². The average molecular weight is 435 g/mol. The molecule has 2 aromatic heterocycles. The Kier molecular flexibility index (Phi) is 5.91. The van der Waals surface area contributed by atoms with Gasteiger partial charge in [0.05, 0.1) is 11.4 Å². The fourth-order valence-corrected chi connectivity index (χ4v) is 3.89. The summed E-state index contributed by atoms with van der Waals surface area (Å²) in [5.41, 5.74) is 3.98. The van der Waals surface area contributed by atoms with Crippen LogP contribution in [0, 0.1) is 13.8 Å². The van der Waals surface area contributed by atoms with Gasteiger partial charge in [-0.2, -0.15) is 5.10 Å². The number of hydrogen-bond donors (Lipinski definition) is 1. The zero-order valence-electron chi connectivity index (χ0n) is 17.4. The van der Waals surface area contributed by atoms with Gasteiger partial charge in [-0.25, -0.2) is 4.68 Å². The number of para-hydroxylation sites is 1. The maximum atomic E-state index is 12.8. The molecule has 0 radical (unpaired) electrons. The Morgan fingerprint density at radius 3 is 2.48 bits per heavy atom. The molecule has 2 heterocycles. The zero-order chi connectivity index (χ0) is 22.0. The average Bonchev–Trinajstić information content (AvgIpc) is 3.11. The summed E-state index contributed by atoms with van der Waals surface area (Å²) in [6.45, 7) is 4.20. The molecule has 0 spiro atoms. The highest BCUT2D eigenvalue weighted by Crippen LogP contribution is 2.23. The number of nitrogens with zero attached hydrogens (tertiary/aromatic N) is 3. The Balaban J connectivity index is 1.61. The van der Waals surface area contributed by atoms with Gasteiger partial charge in [0.15, 0.2) is 0 Å².